The van der Waals surface area contributed by atoms with Crippen molar-refractivity contribution in [3.05, 3.63) is 65.2 Å². The molecule has 1 aliphatic rings. The van der Waals surface area contributed by atoms with E-state index in [1.165, 1.54) is 0 Å². The fraction of sp³-hybridized carbons (Fsp3) is 0.515. The Morgan fingerprint density at radius 1 is 1.09 bits per heavy atom. The van der Waals surface area contributed by atoms with Gasteiger partial charge in [0.05, 0.1) is 24.4 Å². The number of nitrogens with one attached hydrogen (secondary N) is 2. The van der Waals surface area contributed by atoms with Crippen molar-refractivity contribution in [3.63, 3.8) is 0 Å². The molecule has 242 valence electrons. The van der Waals surface area contributed by atoms with Gasteiger partial charge in [-0.1, -0.05) is 43.7 Å². The van der Waals surface area contributed by atoms with Gasteiger partial charge in [0.25, 0.3) is 0 Å². The van der Waals surface area contributed by atoms with Crippen molar-refractivity contribution in [2.24, 2.45) is 5.92 Å². The maximum absolute atomic E-state index is 14.3. The quantitative estimate of drug-likeness (QED) is 0.178. The molecule has 2 aromatic rings. The van der Waals surface area contributed by atoms with E-state index in [1.807, 2.05) is 70.0 Å². The highest BCUT2D eigenvalue weighted by molar-refractivity contribution is 5.97. The van der Waals surface area contributed by atoms with Gasteiger partial charge in [-0.05, 0) is 71.7 Å². The van der Waals surface area contributed by atoms with Crippen LogP contribution in [0.1, 0.15) is 81.6 Å². The van der Waals surface area contributed by atoms with Crippen LogP contribution in [0, 0.1) is 17.6 Å². The fourth-order valence-electron chi connectivity index (χ4n) is 4.90. The lowest BCUT2D eigenvalue weighted by Crippen LogP contribution is -2.40. The zero-order valence-electron chi connectivity index (χ0n) is 26.5. The molecule has 1 aliphatic heterocycles. The Morgan fingerprint density at radius 3 is 2.36 bits per heavy atom. The minimum Gasteiger partial charge on any atom is -0.465 e. The van der Waals surface area contributed by atoms with Crippen molar-refractivity contribution in [3.8, 4) is 0 Å². The van der Waals surface area contributed by atoms with Crippen molar-refractivity contribution in [1.29, 1.82) is 0 Å². The first-order valence-corrected chi connectivity index (χ1v) is 14.9. The number of anilines is 1. The van der Waals surface area contributed by atoms with E-state index in [4.69, 9.17) is 4.74 Å². The minimum absolute atomic E-state index is 0.0431. The first kappa shape index (κ1) is 36.3. The van der Waals surface area contributed by atoms with Crippen molar-refractivity contribution in [2.75, 3.05) is 32.6 Å². The molecule has 0 spiro atoms. The molecule has 0 saturated carbocycles. The average Bonchev–Trinajstić information content (AvgIpc) is 3.37. The van der Waals surface area contributed by atoms with Crippen LogP contribution in [0.5, 0.6) is 0 Å². The van der Waals surface area contributed by atoms with Crippen molar-refractivity contribution >= 4 is 29.9 Å². The molecule has 0 aromatic heterocycles. The second-order valence-corrected chi connectivity index (χ2v) is 11.8. The summed E-state index contributed by atoms with van der Waals surface area (Å²) in [7, 11) is 2.90. The number of halogens is 2. The van der Waals surface area contributed by atoms with Gasteiger partial charge in [0, 0.05) is 24.4 Å². The Hall–Kier alpha value is -3.86. The number of aldehydes is 1. The van der Waals surface area contributed by atoms with E-state index in [1.54, 1.807) is 0 Å². The highest BCUT2D eigenvalue weighted by Crippen LogP contribution is 2.33. The van der Waals surface area contributed by atoms with Crippen LogP contribution in [0.3, 0.4) is 0 Å². The van der Waals surface area contributed by atoms with Gasteiger partial charge >= 0.3 is 12.1 Å². The molecule has 2 unspecified atom stereocenters. The van der Waals surface area contributed by atoms with Gasteiger partial charge in [-0.2, -0.15) is 0 Å². The molecule has 0 bridgehead atoms. The predicted octanol–water partition coefficient (Wildman–Crippen LogP) is 6.08. The van der Waals surface area contributed by atoms with Crippen LogP contribution in [-0.2, 0) is 19.1 Å². The molecule has 2 aromatic carbocycles. The Kier molecular flexibility index (Phi) is 14.4. The summed E-state index contributed by atoms with van der Waals surface area (Å²) in [6, 6.07) is 10.6. The molecule has 0 radical (unpaired) electrons. The van der Waals surface area contributed by atoms with E-state index in [0.29, 0.717) is 6.54 Å². The van der Waals surface area contributed by atoms with E-state index in [2.05, 4.69) is 15.4 Å². The maximum atomic E-state index is 14.3. The number of nitrogens with zero attached hydrogens (tertiary/aromatic N) is 1. The van der Waals surface area contributed by atoms with Crippen LogP contribution in [0.15, 0.2) is 42.5 Å². The molecule has 3 rings (SSSR count). The molecular formula is C33H45F2N3O6. The Bertz CT molecular complexity index is 1250. The number of likely N-dealkylation sites (tertiary alicyclic amines) is 1. The number of amides is 2. The average molecular weight is 618 g/mol. The van der Waals surface area contributed by atoms with Gasteiger partial charge in [0.15, 0.2) is 0 Å². The van der Waals surface area contributed by atoms with Crippen LogP contribution in [0.25, 0.3) is 0 Å². The summed E-state index contributed by atoms with van der Waals surface area (Å²) < 4.78 is 37.9. The topological polar surface area (TPSA) is 114 Å². The number of unbranched alkanes of at least 4 members (excludes halogenated alkanes) is 1. The lowest BCUT2D eigenvalue weighted by molar-refractivity contribution is -0.120. The maximum Gasteiger partial charge on any atom is 0.407 e. The summed E-state index contributed by atoms with van der Waals surface area (Å²) in [6.07, 6.45) is 5.05. The molecule has 9 nitrogen and oxygen atoms in total. The van der Waals surface area contributed by atoms with Crippen LogP contribution >= 0.6 is 0 Å². The Balaban J connectivity index is 0.000000345. The molecule has 2 amide bonds. The lowest BCUT2D eigenvalue weighted by atomic mass is 9.91. The summed E-state index contributed by atoms with van der Waals surface area (Å²) in [5, 5.41) is 5.16. The summed E-state index contributed by atoms with van der Waals surface area (Å²) >= 11 is 0. The van der Waals surface area contributed by atoms with Gasteiger partial charge in [-0.3, -0.25) is 9.69 Å². The molecule has 1 heterocycles. The summed E-state index contributed by atoms with van der Waals surface area (Å²) in [5.74, 6) is -3.15. The summed E-state index contributed by atoms with van der Waals surface area (Å²) in [6.45, 7) is 8.84. The number of carbonyl (C=O) groups excluding carboxylic acids is 4. The van der Waals surface area contributed by atoms with Crippen LogP contribution in [0.2, 0.25) is 0 Å². The normalized spacial score (nSPS) is 17.1. The number of esters is 1. The van der Waals surface area contributed by atoms with Crippen molar-refractivity contribution in [2.45, 2.75) is 77.4 Å². The van der Waals surface area contributed by atoms with Gasteiger partial charge in [0.2, 0.25) is 5.91 Å². The van der Waals surface area contributed by atoms with Crippen LogP contribution < -0.4 is 10.6 Å². The lowest BCUT2D eigenvalue weighted by Gasteiger charge is -2.24. The molecular weight excluding hydrogens is 572 g/mol. The smallest absolute Gasteiger partial charge is 0.407 e. The molecule has 44 heavy (non-hydrogen) atoms. The third-order valence-electron chi connectivity index (χ3n) is 7.25. The number of hydrogen-bond donors (Lipinski definition) is 2. The van der Waals surface area contributed by atoms with Crippen LogP contribution in [0.4, 0.5) is 19.3 Å². The minimum atomic E-state index is -0.982. The van der Waals surface area contributed by atoms with E-state index in [-0.39, 0.29) is 23.6 Å². The number of benzene rings is 2. The number of alkyl carbamates (subject to hydrolysis) is 1. The van der Waals surface area contributed by atoms with Crippen molar-refractivity contribution < 1.29 is 37.4 Å². The summed E-state index contributed by atoms with van der Waals surface area (Å²) in [5.41, 5.74) is -0.255. The molecule has 1 fully saturated rings. The first-order valence-electron chi connectivity index (χ1n) is 14.9. The molecule has 0 aliphatic carbocycles. The van der Waals surface area contributed by atoms with E-state index in [9.17, 15) is 28.0 Å². The highest BCUT2D eigenvalue weighted by atomic mass is 19.1. The molecule has 11 heteroatoms. The van der Waals surface area contributed by atoms with E-state index < -0.39 is 40.7 Å². The third kappa shape index (κ3) is 11.3. The Morgan fingerprint density at radius 2 is 1.77 bits per heavy atom. The van der Waals surface area contributed by atoms with Crippen molar-refractivity contribution in [1.82, 2.24) is 10.2 Å². The van der Waals surface area contributed by atoms with Gasteiger partial charge in [-0.15, -0.1) is 0 Å². The van der Waals surface area contributed by atoms with Gasteiger partial charge < -0.3 is 24.9 Å². The number of hydrogen-bond acceptors (Lipinski definition) is 7. The standard InChI is InChI=1S/C20H20F2N2O3.C13H25NO3/c1-24-9-8-13(12-6-4-3-5-7-12)18(24)19(25)23-17-11-15(21)14(10-16(17)22)20(26)27-2;1-5-11(10-15)8-6-7-9-14-12(16)17-13(2,3)4/h3-7,10-11,13,18H,8-9H2,1-2H3,(H,23,25);10-11H,5-9H2,1-4H3,(H,14,16)/t13-,18?;/m1./s1. The number of carbonyl (C=O) groups is 4. The van der Waals surface area contributed by atoms with Gasteiger partial charge in [0.1, 0.15) is 23.5 Å². The monoisotopic (exact) mass is 617 g/mol. The van der Waals surface area contributed by atoms with Gasteiger partial charge in [-0.25, -0.2) is 18.4 Å². The fourth-order valence-corrected chi connectivity index (χ4v) is 4.90. The number of ether oxygens (including phenoxy) is 2. The van der Waals surface area contributed by atoms with Crippen LogP contribution in [-0.4, -0.2) is 68.0 Å². The largest absolute Gasteiger partial charge is 0.465 e. The zero-order chi connectivity index (χ0) is 32.9. The number of likely N-dealkylation sites (N-methyl/N-ethyl adjacent to an activating group) is 1. The Labute approximate surface area is 258 Å². The zero-order valence-corrected chi connectivity index (χ0v) is 26.5. The predicted molar refractivity (Wildman–Crippen MR) is 164 cm³/mol. The SMILES string of the molecule is CCC(C=O)CCCCNC(=O)OC(C)(C)C.COC(=O)c1cc(F)c(NC(=O)C2[C@@H](c3ccccc3)CCN2C)cc1F. The first-order chi connectivity index (χ1) is 20.8. The second kappa shape index (κ2) is 17.4. The molecule has 3 atom stereocenters. The number of methoxy groups -OCH3 is 1. The molecule has 1 saturated heterocycles. The van der Waals surface area contributed by atoms with E-state index >= 15 is 0 Å². The summed E-state index contributed by atoms with van der Waals surface area (Å²) in [4.78, 5) is 48.0. The third-order valence-corrected chi connectivity index (χ3v) is 7.25. The highest BCUT2D eigenvalue weighted by Gasteiger charge is 2.38. The number of rotatable bonds is 11. The van der Waals surface area contributed by atoms with E-state index in [0.717, 1.165) is 69.7 Å². The molecule has 2 N–H and O–H groups in total. The second-order valence-electron chi connectivity index (χ2n) is 11.8.